The zero-order chi connectivity index (χ0) is 54.3. The van der Waals surface area contributed by atoms with Gasteiger partial charge >= 0.3 is 17.9 Å². The number of allylic oxidation sites excluding steroid dienone is 14. The van der Waals surface area contributed by atoms with E-state index in [2.05, 4.69) is 106 Å². The fraction of sp³-hybridized carbons (Fsp3) is 0.754. The van der Waals surface area contributed by atoms with Gasteiger partial charge in [-0.3, -0.25) is 14.4 Å². The number of carbonyl (C=O) groups is 3. The van der Waals surface area contributed by atoms with Crippen LogP contribution < -0.4 is 0 Å². The number of hydrogen-bond acceptors (Lipinski definition) is 6. The Morgan fingerprint density at radius 3 is 0.827 bits per heavy atom. The molecule has 0 rings (SSSR count). The molecule has 0 aliphatic heterocycles. The Kier molecular flexibility index (Phi) is 60.3. The van der Waals surface area contributed by atoms with E-state index in [0.29, 0.717) is 19.3 Å². The van der Waals surface area contributed by atoms with Gasteiger partial charge in [-0.15, -0.1) is 0 Å². The molecular formula is C69H120O6. The summed E-state index contributed by atoms with van der Waals surface area (Å²) in [6.45, 7) is 6.52. The average Bonchev–Trinajstić information content (AvgIpc) is 3.41. The first kappa shape index (κ1) is 71.6. The molecule has 0 amide bonds. The molecule has 0 fully saturated rings. The van der Waals surface area contributed by atoms with Crippen molar-refractivity contribution in [2.45, 2.75) is 322 Å². The third kappa shape index (κ3) is 61.3. The minimum atomic E-state index is -0.776. The highest BCUT2D eigenvalue weighted by molar-refractivity contribution is 5.71. The summed E-state index contributed by atoms with van der Waals surface area (Å²) < 4.78 is 16.9. The number of ether oxygens (including phenoxy) is 3. The number of hydrogen-bond donors (Lipinski definition) is 0. The van der Waals surface area contributed by atoms with Gasteiger partial charge in [0.1, 0.15) is 13.2 Å². The molecule has 0 aromatic carbocycles. The molecule has 6 heteroatoms. The summed E-state index contributed by atoms with van der Waals surface area (Å²) in [6, 6.07) is 0. The third-order valence-corrected chi connectivity index (χ3v) is 13.9. The van der Waals surface area contributed by atoms with Gasteiger partial charge in [0.05, 0.1) is 0 Å². The lowest BCUT2D eigenvalue weighted by Gasteiger charge is -2.18. The normalized spacial score (nSPS) is 12.6. The highest BCUT2D eigenvalue weighted by atomic mass is 16.6. The van der Waals surface area contributed by atoms with Crippen LogP contribution in [0.3, 0.4) is 0 Å². The van der Waals surface area contributed by atoms with Crippen LogP contribution in [-0.2, 0) is 28.6 Å². The van der Waals surface area contributed by atoms with Crippen molar-refractivity contribution in [3.05, 3.63) is 85.1 Å². The fourth-order valence-electron chi connectivity index (χ4n) is 9.09. The van der Waals surface area contributed by atoms with Crippen LogP contribution in [0.2, 0.25) is 0 Å². The van der Waals surface area contributed by atoms with Gasteiger partial charge in [-0.1, -0.05) is 286 Å². The molecule has 0 aliphatic rings. The lowest BCUT2D eigenvalue weighted by Crippen LogP contribution is -2.30. The van der Waals surface area contributed by atoms with E-state index in [4.69, 9.17) is 14.2 Å². The molecule has 0 spiro atoms. The quantitative estimate of drug-likeness (QED) is 0.0261. The Bertz CT molecular complexity index is 1430. The van der Waals surface area contributed by atoms with Gasteiger partial charge in [0.25, 0.3) is 0 Å². The van der Waals surface area contributed by atoms with Gasteiger partial charge < -0.3 is 14.2 Å². The highest BCUT2D eigenvalue weighted by Crippen LogP contribution is 2.16. The van der Waals surface area contributed by atoms with Gasteiger partial charge in [-0.25, -0.2) is 0 Å². The minimum Gasteiger partial charge on any atom is -0.462 e. The predicted molar refractivity (Wildman–Crippen MR) is 325 cm³/mol. The summed E-state index contributed by atoms with van der Waals surface area (Å²) in [6.07, 6.45) is 83.2. The average molecular weight is 1050 g/mol. The first-order valence-electron chi connectivity index (χ1n) is 32.1. The van der Waals surface area contributed by atoms with Gasteiger partial charge in [-0.2, -0.15) is 0 Å². The molecular weight excluding hydrogens is 925 g/mol. The lowest BCUT2D eigenvalue weighted by molar-refractivity contribution is -0.167. The van der Waals surface area contributed by atoms with Gasteiger partial charge in [-0.05, 0) is 96.3 Å². The second-order valence-corrected chi connectivity index (χ2v) is 21.3. The standard InChI is InChI=1S/C69H120O6/c1-4-7-10-13-16-19-21-23-25-27-28-29-30-31-32-33-34-35-36-37-38-39-40-42-43-45-47-50-53-56-59-62-68(71)74-65-66(64-73-67(70)61-58-55-52-49-18-15-12-9-6-3)75-69(72)63-60-57-54-51-48-46-44-41-26-24-22-20-17-14-11-8-5-2/h7,10,16,19,23-26,28-29,31-32,34-35,66H,4-6,8-9,11-15,17-18,20-22,27,30,33,36-65H2,1-3H3/b10-7-,19-16-,25-23-,26-24-,29-28-,32-31-,35-34-. The molecule has 432 valence electrons. The van der Waals surface area contributed by atoms with Crippen LogP contribution in [-0.4, -0.2) is 37.2 Å². The van der Waals surface area contributed by atoms with E-state index in [1.807, 2.05) is 0 Å². The molecule has 0 aromatic rings. The molecule has 6 nitrogen and oxygen atoms in total. The van der Waals surface area contributed by atoms with Crippen LogP contribution in [0.4, 0.5) is 0 Å². The summed E-state index contributed by atoms with van der Waals surface area (Å²) in [7, 11) is 0. The van der Waals surface area contributed by atoms with Crippen LogP contribution in [0.15, 0.2) is 85.1 Å². The molecule has 0 saturated heterocycles. The van der Waals surface area contributed by atoms with Crippen molar-refractivity contribution < 1.29 is 28.6 Å². The maximum absolute atomic E-state index is 12.9. The molecule has 75 heavy (non-hydrogen) atoms. The monoisotopic (exact) mass is 1040 g/mol. The summed E-state index contributed by atoms with van der Waals surface area (Å²) in [5.41, 5.74) is 0. The number of rotatable bonds is 58. The zero-order valence-corrected chi connectivity index (χ0v) is 49.6. The predicted octanol–water partition coefficient (Wildman–Crippen LogP) is 21.9. The molecule has 0 aliphatic carbocycles. The molecule has 0 N–H and O–H groups in total. The smallest absolute Gasteiger partial charge is 0.306 e. The molecule has 0 bridgehead atoms. The van der Waals surface area contributed by atoms with E-state index < -0.39 is 6.10 Å². The summed E-state index contributed by atoms with van der Waals surface area (Å²) in [4.78, 5) is 38.2. The van der Waals surface area contributed by atoms with Gasteiger partial charge in [0.2, 0.25) is 0 Å². The van der Waals surface area contributed by atoms with Crippen LogP contribution in [0.1, 0.15) is 316 Å². The number of carbonyl (C=O) groups excluding carboxylic acids is 3. The Morgan fingerprint density at radius 2 is 0.520 bits per heavy atom. The van der Waals surface area contributed by atoms with Gasteiger partial charge in [0, 0.05) is 19.3 Å². The van der Waals surface area contributed by atoms with Crippen LogP contribution in [0.25, 0.3) is 0 Å². The number of unbranched alkanes of at least 4 members (excludes halogenated alkanes) is 33. The van der Waals surface area contributed by atoms with E-state index in [0.717, 1.165) is 96.3 Å². The molecule has 1 unspecified atom stereocenters. The Hall–Kier alpha value is -3.41. The zero-order valence-electron chi connectivity index (χ0n) is 49.6. The van der Waals surface area contributed by atoms with Crippen molar-refractivity contribution in [3.63, 3.8) is 0 Å². The summed E-state index contributed by atoms with van der Waals surface area (Å²) in [5.74, 6) is -0.872. The molecule has 0 aromatic heterocycles. The van der Waals surface area contributed by atoms with Crippen molar-refractivity contribution in [1.29, 1.82) is 0 Å². The number of esters is 3. The van der Waals surface area contributed by atoms with Crippen molar-refractivity contribution in [3.8, 4) is 0 Å². The Morgan fingerprint density at radius 1 is 0.280 bits per heavy atom. The van der Waals surface area contributed by atoms with Crippen molar-refractivity contribution in [1.82, 2.24) is 0 Å². The SMILES string of the molecule is CC/C=C\C/C=C\C/C=C\C/C=C\C/C=C\C/C=C\CCCCCCCCCCCCCCC(=O)OCC(COC(=O)CCCCCCCCCCC)OC(=O)CCCCCCCCC/C=C\CCCCCCCC. The Labute approximate surface area is 465 Å². The van der Waals surface area contributed by atoms with E-state index in [1.54, 1.807) is 0 Å². The van der Waals surface area contributed by atoms with Gasteiger partial charge in [0.15, 0.2) is 6.10 Å². The van der Waals surface area contributed by atoms with Crippen LogP contribution in [0.5, 0.6) is 0 Å². The first-order chi connectivity index (χ1) is 37.0. The molecule has 0 heterocycles. The largest absolute Gasteiger partial charge is 0.462 e. The third-order valence-electron chi connectivity index (χ3n) is 13.9. The second kappa shape index (κ2) is 63.1. The Balaban J connectivity index is 4.15. The second-order valence-electron chi connectivity index (χ2n) is 21.3. The first-order valence-corrected chi connectivity index (χ1v) is 32.1. The lowest BCUT2D eigenvalue weighted by atomic mass is 10.0. The molecule has 0 radical (unpaired) electrons. The maximum Gasteiger partial charge on any atom is 0.306 e. The molecule has 1 atom stereocenters. The van der Waals surface area contributed by atoms with E-state index in [1.165, 1.54) is 180 Å². The summed E-state index contributed by atoms with van der Waals surface area (Å²) >= 11 is 0. The topological polar surface area (TPSA) is 78.9 Å². The highest BCUT2D eigenvalue weighted by Gasteiger charge is 2.19. The van der Waals surface area contributed by atoms with Crippen molar-refractivity contribution in [2.24, 2.45) is 0 Å². The van der Waals surface area contributed by atoms with E-state index in [9.17, 15) is 14.4 Å². The van der Waals surface area contributed by atoms with Crippen molar-refractivity contribution >= 4 is 17.9 Å². The molecule has 0 saturated carbocycles. The van der Waals surface area contributed by atoms with Crippen LogP contribution >= 0.6 is 0 Å². The fourth-order valence-corrected chi connectivity index (χ4v) is 9.09. The maximum atomic E-state index is 12.9. The van der Waals surface area contributed by atoms with E-state index in [-0.39, 0.29) is 31.1 Å². The van der Waals surface area contributed by atoms with E-state index >= 15 is 0 Å². The summed E-state index contributed by atoms with van der Waals surface area (Å²) in [5, 5.41) is 0. The van der Waals surface area contributed by atoms with Crippen molar-refractivity contribution in [2.75, 3.05) is 13.2 Å². The van der Waals surface area contributed by atoms with Crippen LogP contribution in [0, 0.1) is 0 Å². The minimum absolute atomic E-state index is 0.0748.